The monoisotopic (exact) mass is 243 g/mol. The van der Waals surface area contributed by atoms with Crippen LogP contribution in [0.1, 0.15) is 49.0 Å². The van der Waals surface area contributed by atoms with E-state index in [1.807, 2.05) is 30.3 Å². The lowest BCUT2D eigenvalue weighted by Crippen LogP contribution is -2.25. The predicted octanol–water partition coefficient (Wildman–Crippen LogP) is 3.43. The molecule has 1 unspecified atom stereocenters. The van der Waals surface area contributed by atoms with Gasteiger partial charge in [0.15, 0.2) is 0 Å². The molecule has 2 rings (SSSR count). The van der Waals surface area contributed by atoms with E-state index in [0.29, 0.717) is 6.04 Å². The quantitative estimate of drug-likeness (QED) is 0.789. The number of rotatable bonds is 5. The molecule has 18 heavy (non-hydrogen) atoms. The number of carbonyl (C=O) groups is 1. The number of benzene rings is 1. The fourth-order valence-electron chi connectivity index (χ4n) is 1.97. The van der Waals surface area contributed by atoms with Crippen molar-refractivity contribution in [1.82, 2.24) is 5.32 Å². The van der Waals surface area contributed by atoms with Crippen molar-refractivity contribution in [2.75, 3.05) is 0 Å². The van der Waals surface area contributed by atoms with E-state index in [-0.39, 0.29) is 11.3 Å². The Bertz CT molecular complexity index is 445. The molecule has 1 fully saturated rings. The van der Waals surface area contributed by atoms with Crippen molar-refractivity contribution in [1.29, 1.82) is 0 Å². The summed E-state index contributed by atoms with van der Waals surface area (Å²) in [7, 11) is 0. The summed E-state index contributed by atoms with van der Waals surface area (Å²) in [6, 6.07) is 8.29. The molecule has 0 radical (unpaired) electrons. The highest BCUT2D eigenvalue weighted by Crippen LogP contribution is 2.28. The van der Waals surface area contributed by atoms with E-state index in [4.69, 9.17) is 0 Å². The maximum atomic E-state index is 11.9. The lowest BCUT2D eigenvalue weighted by molar-refractivity contribution is 0.0951. The fourth-order valence-corrected chi connectivity index (χ4v) is 1.97. The molecule has 1 aliphatic carbocycles. The van der Waals surface area contributed by atoms with Crippen LogP contribution in [0.4, 0.5) is 0 Å². The van der Waals surface area contributed by atoms with Crippen LogP contribution in [-0.4, -0.2) is 11.9 Å². The van der Waals surface area contributed by atoms with Crippen LogP contribution in [0.2, 0.25) is 0 Å². The summed E-state index contributed by atoms with van der Waals surface area (Å²) >= 11 is 0. The minimum atomic E-state index is -0.00843. The third-order valence-corrected chi connectivity index (χ3v) is 3.90. The minimum absolute atomic E-state index is 0.00843. The second kappa shape index (κ2) is 4.97. The Labute approximate surface area is 109 Å². The first-order chi connectivity index (χ1) is 8.59. The van der Waals surface area contributed by atoms with Crippen LogP contribution in [-0.2, 0) is 5.41 Å². The van der Waals surface area contributed by atoms with Gasteiger partial charge in [0.05, 0.1) is 0 Å². The zero-order chi connectivity index (χ0) is 13.2. The van der Waals surface area contributed by atoms with Gasteiger partial charge < -0.3 is 5.32 Å². The average Bonchev–Trinajstić information content (AvgIpc) is 3.22. The molecule has 0 aromatic heterocycles. The van der Waals surface area contributed by atoms with E-state index < -0.39 is 0 Å². The zero-order valence-electron chi connectivity index (χ0n) is 11.2. The number of nitrogens with one attached hydrogen (secondary N) is 1. The Morgan fingerprint density at radius 1 is 1.44 bits per heavy atom. The maximum Gasteiger partial charge on any atom is 0.251 e. The summed E-state index contributed by atoms with van der Waals surface area (Å²) in [6.07, 6.45) is 5.22. The molecule has 1 N–H and O–H groups in total. The van der Waals surface area contributed by atoms with E-state index in [1.54, 1.807) is 0 Å². The number of hydrogen-bond donors (Lipinski definition) is 1. The van der Waals surface area contributed by atoms with Crippen molar-refractivity contribution >= 4 is 5.91 Å². The SMILES string of the molecule is C=CC(C)(CC)c1ccc(C(=O)NC2CC2)cc1. The second-order valence-electron chi connectivity index (χ2n) is 5.30. The maximum absolute atomic E-state index is 11.9. The van der Waals surface area contributed by atoms with Crippen molar-refractivity contribution < 1.29 is 4.79 Å². The third-order valence-electron chi connectivity index (χ3n) is 3.90. The van der Waals surface area contributed by atoms with E-state index >= 15 is 0 Å². The number of hydrogen-bond acceptors (Lipinski definition) is 1. The van der Waals surface area contributed by atoms with Crippen molar-refractivity contribution in [3.8, 4) is 0 Å². The molecule has 1 amide bonds. The summed E-state index contributed by atoms with van der Waals surface area (Å²) in [5, 5.41) is 3.00. The Morgan fingerprint density at radius 2 is 2.06 bits per heavy atom. The lowest BCUT2D eigenvalue weighted by atomic mass is 9.80. The first kappa shape index (κ1) is 12.9. The normalized spacial score (nSPS) is 17.9. The molecule has 2 nitrogen and oxygen atoms in total. The number of allylic oxidation sites excluding steroid dienone is 1. The van der Waals surface area contributed by atoms with Gasteiger partial charge in [0.1, 0.15) is 0 Å². The van der Waals surface area contributed by atoms with Gasteiger partial charge in [-0.3, -0.25) is 4.79 Å². The Balaban J connectivity index is 2.13. The van der Waals surface area contributed by atoms with Crippen molar-refractivity contribution in [2.24, 2.45) is 0 Å². The molecule has 0 aliphatic heterocycles. The van der Waals surface area contributed by atoms with Crippen LogP contribution >= 0.6 is 0 Å². The van der Waals surface area contributed by atoms with E-state index in [2.05, 4.69) is 25.7 Å². The largest absolute Gasteiger partial charge is 0.349 e. The van der Waals surface area contributed by atoms with Crippen LogP contribution in [0.25, 0.3) is 0 Å². The van der Waals surface area contributed by atoms with Gasteiger partial charge in [-0.25, -0.2) is 0 Å². The molecular formula is C16H21NO. The van der Waals surface area contributed by atoms with Crippen molar-refractivity contribution in [3.05, 3.63) is 48.0 Å². The summed E-state index contributed by atoms with van der Waals surface area (Å²) in [5.74, 6) is 0.0425. The van der Waals surface area contributed by atoms with E-state index in [1.165, 1.54) is 5.56 Å². The van der Waals surface area contributed by atoms with Crippen LogP contribution in [0.5, 0.6) is 0 Å². The van der Waals surface area contributed by atoms with Crippen LogP contribution < -0.4 is 5.32 Å². The van der Waals surface area contributed by atoms with E-state index in [9.17, 15) is 4.79 Å². The Hall–Kier alpha value is -1.57. The van der Waals surface area contributed by atoms with Crippen molar-refractivity contribution in [2.45, 2.75) is 44.6 Å². The van der Waals surface area contributed by atoms with Gasteiger partial charge in [-0.2, -0.15) is 0 Å². The van der Waals surface area contributed by atoms with Gasteiger partial charge in [-0.1, -0.05) is 32.1 Å². The highest BCUT2D eigenvalue weighted by molar-refractivity contribution is 5.94. The molecule has 96 valence electrons. The highest BCUT2D eigenvalue weighted by Gasteiger charge is 2.24. The second-order valence-corrected chi connectivity index (χ2v) is 5.30. The van der Waals surface area contributed by atoms with Crippen molar-refractivity contribution in [3.63, 3.8) is 0 Å². The van der Waals surface area contributed by atoms with Gasteiger partial charge in [0.2, 0.25) is 0 Å². The molecule has 2 heteroatoms. The smallest absolute Gasteiger partial charge is 0.251 e. The average molecular weight is 243 g/mol. The lowest BCUT2D eigenvalue weighted by Gasteiger charge is -2.24. The molecular weight excluding hydrogens is 222 g/mol. The molecule has 1 atom stereocenters. The topological polar surface area (TPSA) is 29.1 Å². The predicted molar refractivity (Wildman–Crippen MR) is 74.8 cm³/mol. The van der Waals surface area contributed by atoms with Gasteiger partial charge >= 0.3 is 0 Å². The van der Waals surface area contributed by atoms with Gasteiger partial charge in [0, 0.05) is 17.0 Å². The number of carbonyl (C=O) groups excluding carboxylic acids is 1. The fraction of sp³-hybridized carbons (Fsp3) is 0.438. The van der Waals surface area contributed by atoms with Gasteiger partial charge in [-0.15, -0.1) is 6.58 Å². The Kier molecular flexibility index (Phi) is 3.55. The summed E-state index contributed by atoms with van der Waals surface area (Å²) in [5.41, 5.74) is 1.95. The summed E-state index contributed by atoms with van der Waals surface area (Å²) in [4.78, 5) is 11.9. The van der Waals surface area contributed by atoms with E-state index in [0.717, 1.165) is 24.8 Å². The van der Waals surface area contributed by atoms with Crippen LogP contribution in [0, 0.1) is 0 Å². The Morgan fingerprint density at radius 3 is 2.50 bits per heavy atom. The molecule has 0 bridgehead atoms. The van der Waals surface area contributed by atoms with Gasteiger partial charge in [0.25, 0.3) is 5.91 Å². The summed E-state index contributed by atoms with van der Waals surface area (Å²) in [6.45, 7) is 8.22. The first-order valence-electron chi connectivity index (χ1n) is 6.64. The summed E-state index contributed by atoms with van der Waals surface area (Å²) < 4.78 is 0. The van der Waals surface area contributed by atoms with Crippen LogP contribution in [0.3, 0.4) is 0 Å². The van der Waals surface area contributed by atoms with Gasteiger partial charge in [-0.05, 0) is 37.0 Å². The molecule has 0 spiro atoms. The molecule has 1 aliphatic rings. The minimum Gasteiger partial charge on any atom is -0.349 e. The molecule has 1 saturated carbocycles. The molecule has 1 aromatic carbocycles. The third kappa shape index (κ3) is 2.63. The molecule has 1 aromatic rings. The zero-order valence-corrected chi connectivity index (χ0v) is 11.2. The standard InChI is InChI=1S/C16H21NO/c1-4-16(3,5-2)13-8-6-12(7-9-13)15(18)17-14-10-11-14/h4,6-9,14H,1,5,10-11H2,2-3H3,(H,17,18). The molecule has 0 heterocycles. The first-order valence-corrected chi connectivity index (χ1v) is 6.64. The van der Waals surface area contributed by atoms with Crippen LogP contribution in [0.15, 0.2) is 36.9 Å². The number of amides is 1. The molecule has 0 saturated heterocycles. The highest BCUT2D eigenvalue weighted by atomic mass is 16.1.